The molecule has 1 saturated heterocycles. The van der Waals surface area contributed by atoms with E-state index in [0.717, 1.165) is 13.1 Å². The van der Waals surface area contributed by atoms with Crippen LogP contribution in [0.1, 0.15) is 0 Å². The van der Waals surface area contributed by atoms with Gasteiger partial charge in [0.2, 0.25) is 0 Å². The van der Waals surface area contributed by atoms with Gasteiger partial charge in [0.15, 0.2) is 0 Å². The predicted octanol–water partition coefficient (Wildman–Crippen LogP) is 0.378. The summed E-state index contributed by atoms with van der Waals surface area (Å²) in [5.41, 5.74) is 0.637. The van der Waals surface area contributed by atoms with Crippen LogP contribution in [0.25, 0.3) is 0 Å². The maximum absolute atomic E-state index is 12.8. The molecule has 110 valence electrons. The van der Waals surface area contributed by atoms with Crippen molar-refractivity contribution in [3.63, 3.8) is 0 Å². The first-order valence-corrected chi connectivity index (χ1v) is 8.17. The summed E-state index contributed by atoms with van der Waals surface area (Å²) in [4.78, 5) is 2.14. The van der Waals surface area contributed by atoms with E-state index in [2.05, 4.69) is 4.90 Å². The second-order valence-corrected chi connectivity index (χ2v) is 6.95. The Morgan fingerprint density at radius 2 is 1.75 bits per heavy atom. The Bertz CT molecular complexity index is 582. The molecule has 3 rings (SSSR count). The normalized spacial score (nSPS) is 21.4. The van der Waals surface area contributed by atoms with Crippen molar-refractivity contribution in [2.45, 2.75) is 0 Å². The van der Waals surface area contributed by atoms with Crippen molar-refractivity contribution in [3.05, 3.63) is 24.3 Å². The van der Waals surface area contributed by atoms with Crippen LogP contribution in [-0.2, 0) is 10.2 Å². The van der Waals surface area contributed by atoms with E-state index in [1.54, 1.807) is 16.4 Å². The largest absolute Gasteiger partial charge is 0.489 e. The number of piperazine rings is 1. The molecular formula is C13H19N3O3S. The lowest BCUT2D eigenvalue weighted by Gasteiger charge is -2.37. The van der Waals surface area contributed by atoms with E-state index in [-0.39, 0.29) is 0 Å². The predicted molar refractivity (Wildman–Crippen MR) is 77.3 cm³/mol. The van der Waals surface area contributed by atoms with Crippen molar-refractivity contribution >= 4 is 15.9 Å². The van der Waals surface area contributed by atoms with Gasteiger partial charge in [-0.1, -0.05) is 12.1 Å². The fourth-order valence-corrected chi connectivity index (χ4v) is 4.15. The zero-order chi connectivity index (χ0) is 14.2. The monoisotopic (exact) mass is 297 g/mol. The molecule has 0 radical (unpaired) electrons. The minimum absolute atomic E-state index is 0.367. The number of ether oxygens (including phenoxy) is 1. The highest BCUT2D eigenvalue weighted by atomic mass is 32.2. The van der Waals surface area contributed by atoms with Gasteiger partial charge in [-0.2, -0.15) is 12.7 Å². The number of nitrogens with zero attached hydrogens (tertiary/aromatic N) is 3. The summed E-state index contributed by atoms with van der Waals surface area (Å²) in [6, 6.07) is 7.29. The molecular weight excluding hydrogens is 278 g/mol. The molecule has 6 nitrogen and oxygen atoms in total. The van der Waals surface area contributed by atoms with Gasteiger partial charge in [-0.05, 0) is 19.2 Å². The lowest BCUT2D eigenvalue weighted by atomic mass is 10.2. The van der Waals surface area contributed by atoms with Crippen LogP contribution in [0, 0.1) is 0 Å². The number of rotatable bonds is 2. The lowest BCUT2D eigenvalue weighted by Crippen LogP contribution is -2.53. The minimum Gasteiger partial charge on any atom is -0.489 e. The second-order valence-electron chi connectivity index (χ2n) is 5.10. The summed E-state index contributed by atoms with van der Waals surface area (Å²) in [6.45, 7) is 3.38. The van der Waals surface area contributed by atoms with Crippen LogP contribution in [0.2, 0.25) is 0 Å². The topological polar surface area (TPSA) is 53.1 Å². The maximum atomic E-state index is 12.8. The van der Waals surface area contributed by atoms with Crippen molar-refractivity contribution in [2.75, 3.05) is 50.7 Å². The first kappa shape index (κ1) is 13.7. The van der Waals surface area contributed by atoms with E-state index in [1.807, 2.05) is 19.2 Å². The summed E-state index contributed by atoms with van der Waals surface area (Å²) >= 11 is 0. The zero-order valence-corrected chi connectivity index (χ0v) is 12.3. The van der Waals surface area contributed by atoms with Crippen LogP contribution in [0.5, 0.6) is 5.75 Å². The Balaban J connectivity index is 1.89. The molecule has 1 aromatic carbocycles. The number of hydrogen-bond donors (Lipinski definition) is 0. The smallest absolute Gasteiger partial charge is 0.304 e. The van der Waals surface area contributed by atoms with Crippen LogP contribution in [0.3, 0.4) is 0 Å². The highest BCUT2D eigenvalue weighted by Gasteiger charge is 2.34. The number of fused-ring (bicyclic) bond motifs is 1. The molecule has 0 spiro atoms. The van der Waals surface area contributed by atoms with E-state index in [9.17, 15) is 8.42 Å². The summed E-state index contributed by atoms with van der Waals surface area (Å²) < 4.78 is 34.1. The molecule has 0 aliphatic carbocycles. The lowest BCUT2D eigenvalue weighted by molar-refractivity contribution is 0.221. The van der Waals surface area contributed by atoms with Gasteiger partial charge >= 0.3 is 10.2 Å². The van der Waals surface area contributed by atoms with Gasteiger partial charge in [-0.25, -0.2) is 0 Å². The molecule has 0 aromatic heterocycles. The Kier molecular flexibility index (Phi) is 3.57. The molecule has 0 atom stereocenters. The quantitative estimate of drug-likeness (QED) is 0.792. The van der Waals surface area contributed by atoms with E-state index < -0.39 is 10.2 Å². The molecule has 20 heavy (non-hydrogen) atoms. The summed E-state index contributed by atoms with van der Waals surface area (Å²) in [5, 5.41) is 0. The van der Waals surface area contributed by atoms with Gasteiger partial charge in [0, 0.05) is 26.2 Å². The van der Waals surface area contributed by atoms with Crippen molar-refractivity contribution < 1.29 is 13.2 Å². The molecule has 2 aliphatic rings. The highest BCUT2D eigenvalue weighted by molar-refractivity contribution is 7.90. The summed E-state index contributed by atoms with van der Waals surface area (Å²) in [7, 11) is -1.45. The summed E-state index contributed by atoms with van der Waals surface area (Å²) in [5.74, 6) is 0.636. The summed E-state index contributed by atoms with van der Waals surface area (Å²) in [6.07, 6.45) is 0. The van der Waals surface area contributed by atoms with Gasteiger partial charge in [0.1, 0.15) is 12.4 Å². The van der Waals surface area contributed by atoms with Crippen LogP contribution in [0.15, 0.2) is 24.3 Å². The van der Waals surface area contributed by atoms with E-state index in [1.165, 1.54) is 4.31 Å². The van der Waals surface area contributed by atoms with Gasteiger partial charge < -0.3 is 9.64 Å². The maximum Gasteiger partial charge on any atom is 0.304 e. The van der Waals surface area contributed by atoms with Crippen molar-refractivity contribution in [3.8, 4) is 5.75 Å². The molecule has 2 aliphatic heterocycles. The van der Waals surface area contributed by atoms with Gasteiger partial charge in [0.25, 0.3) is 0 Å². The van der Waals surface area contributed by atoms with Crippen LogP contribution in [0.4, 0.5) is 5.69 Å². The number of benzene rings is 1. The van der Waals surface area contributed by atoms with E-state index in [4.69, 9.17) is 4.74 Å². The third kappa shape index (κ3) is 2.36. The van der Waals surface area contributed by atoms with E-state index >= 15 is 0 Å². The third-order valence-corrected chi connectivity index (χ3v) is 5.71. The molecule has 0 unspecified atom stereocenters. The molecule has 0 bridgehead atoms. The number of para-hydroxylation sites is 2. The van der Waals surface area contributed by atoms with Crippen molar-refractivity contribution in [1.82, 2.24) is 9.21 Å². The Morgan fingerprint density at radius 3 is 2.50 bits per heavy atom. The molecule has 2 heterocycles. The number of hydrogen-bond acceptors (Lipinski definition) is 4. The van der Waals surface area contributed by atoms with E-state index in [0.29, 0.717) is 37.7 Å². The molecule has 1 fully saturated rings. The Hall–Kier alpha value is -1.31. The van der Waals surface area contributed by atoms with Gasteiger partial charge in [-0.3, -0.25) is 4.31 Å². The molecule has 7 heteroatoms. The van der Waals surface area contributed by atoms with Gasteiger partial charge in [0.05, 0.1) is 12.2 Å². The minimum atomic E-state index is -3.46. The highest BCUT2D eigenvalue weighted by Crippen LogP contribution is 2.33. The first-order valence-electron chi connectivity index (χ1n) is 6.77. The van der Waals surface area contributed by atoms with Crippen molar-refractivity contribution in [2.24, 2.45) is 0 Å². The zero-order valence-electron chi connectivity index (χ0n) is 11.5. The van der Waals surface area contributed by atoms with Crippen LogP contribution < -0.4 is 9.04 Å². The second kappa shape index (κ2) is 5.23. The SMILES string of the molecule is CN1CCN(S(=O)(=O)N2CCOc3ccccc32)CC1. The number of likely N-dealkylation sites (N-methyl/N-ethyl adjacent to an activating group) is 1. The standard InChI is InChI=1S/C13H19N3O3S/c1-14-6-8-15(9-7-14)20(17,18)16-10-11-19-13-5-3-2-4-12(13)16/h2-5H,6-11H2,1H3. The first-order chi connectivity index (χ1) is 9.59. The van der Waals surface area contributed by atoms with Crippen LogP contribution in [-0.4, -0.2) is 64.0 Å². The number of anilines is 1. The fourth-order valence-electron chi connectivity index (χ4n) is 2.54. The Morgan fingerprint density at radius 1 is 1.05 bits per heavy atom. The molecule has 0 amide bonds. The Labute approximate surface area is 119 Å². The van der Waals surface area contributed by atoms with Gasteiger partial charge in [-0.15, -0.1) is 0 Å². The van der Waals surface area contributed by atoms with Crippen LogP contribution >= 0.6 is 0 Å². The molecule has 1 aromatic rings. The average molecular weight is 297 g/mol. The van der Waals surface area contributed by atoms with Crippen molar-refractivity contribution in [1.29, 1.82) is 0 Å². The fraction of sp³-hybridized carbons (Fsp3) is 0.538. The third-order valence-electron chi connectivity index (χ3n) is 3.75. The molecule has 0 saturated carbocycles. The average Bonchev–Trinajstić information content (AvgIpc) is 2.47. The molecule has 0 N–H and O–H groups in total.